The lowest BCUT2D eigenvalue weighted by Gasteiger charge is -2.28. The number of rotatable bonds is 6. The molecule has 0 radical (unpaired) electrons. The van der Waals surface area contributed by atoms with E-state index in [0.717, 1.165) is 5.92 Å². The lowest BCUT2D eigenvalue weighted by Crippen LogP contribution is -2.28. The van der Waals surface area contributed by atoms with E-state index in [1.165, 1.54) is 11.3 Å². The normalized spacial score (nSPS) is 15.2. The van der Waals surface area contributed by atoms with E-state index < -0.39 is 0 Å². The fourth-order valence-corrected chi connectivity index (χ4v) is 3.24. The zero-order valence-electron chi connectivity index (χ0n) is 11.4. The Kier molecular flexibility index (Phi) is 6.07. The van der Waals surface area contributed by atoms with Crippen LogP contribution in [0.25, 0.3) is 0 Å². The van der Waals surface area contributed by atoms with Crippen LogP contribution in [0.5, 0.6) is 0 Å². The van der Waals surface area contributed by atoms with E-state index in [4.69, 9.17) is 5.73 Å². The van der Waals surface area contributed by atoms with Crippen molar-refractivity contribution in [1.29, 1.82) is 0 Å². The van der Waals surface area contributed by atoms with Gasteiger partial charge in [0.05, 0.1) is 0 Å². The summed E-state index contributed by atoms with van der Waals surface area (Å²) in [6.07, 6.45) is 0. The number of thioether (sulfide) groups is 1. The Labute approximate surface area is 110 Å². The predicted octanol–water partition coefficient (Wildman–Crippen LogP) is 4.10. The summed E-state index contributed by atoms with van der Waals surface area (Å²) in [5.74, 6) is 2.52. The molecule has 0 saturated heterocycles. The second-order valence-corrected chi connectivity index (χ2v) is 6.58. The molecule has 2 heteroatoms. The van der Waals surface area contributed by atoms with Gasteiger partial charge in [-0.15, -0.1) is 0 Å². The molecule has 1 rings (SSSR count). The first-order valence-corrected chi connectivity index (χ1v) is 7.49. The summed E-state index contributed by atoms with van der Waals surface area (Å²) in [7, 11) is 0. The second-order valence-electron chi connectivity index (χ2n) is 5.37. The highest BCUT2D eigenvalue weighted by atomic mass is 32.2. The Morgan fingerprint density at radius 1 is 1.06 bits per heavy atom. The van der Waals surface area contributed by atoms with Gasteiger partial charge in [-0.05, 0) is 23.2 Å². The van der Waals surface area contributed by atoms with Crippen molar-refractivity contribution in [3.8, 4) is 0 Å². The van der Waals surface area contributed by atoms with Crippen molar-refractivity contribution in [2.45, 2.75) is 39.0 Å². The maximum atomic E-state index is 6.41. The van der Waals surface area contributed by atoms with E-state index in [0.29, 0.717) is 11.2 Å². The average molecular weight is 251 g/mol. The molecule has 1 nitrogen and oxygen atoms in total. The van der Waals surface area contributed by atoms with Crippen LogP contribution in [0.2, 0.25) is 0 Å². The summed E-state index contributed by atoms with van der Waals surface area (Å²) in [5, 5.41) is 0.500. The quantitative estimate of drug-likeness (QED) is 0.823. The van der Waals surface area contributed by atoms with E-state index in [9.17, 15) is 0 Å². The van der Waals surface area contributed by atoms with Gasteiger partial charge in [-0.1, -0.05) is 58.0 Å². The highest BCUT2D eigenvalue weighted by Crippen LogP contribution is 2.31. The number of hydrogen-bond donors (Lipinski definition) is 1. The lowest BCUT2D eigenvalue weighted by molar-refractivity contribution is 0.526. The standard InChI is InChI=1S/C15H25NS/c1-11(2)10-17-15(12(3)4)14(16)13-8-6-5-7-9-13/h5-9,11-12,14-15H,10,16H2,1-4H3. The molecule has 0 bridgehead atoms. The molecule has 1 aromatic carbocycles. The number of nitrogens with two attached hydrogens (primary N) is 1. The summed E-state index contributed by atoms with van der Waals surface area (Å²) in [6.45, 7) is 9.05. The minimum atomic E-state index is 0.139. The zero-order valence-corrected chi connectivity index (χ0v) is 12.2. The van der Waals surface area contributed by atoms with Gasteiger partial charge >= 0.3 is 0 Å². The van der Waals surface area contributed by atoms with Gasteiger partial charge in [0, 0.05) is 11.3 Å². The minimum absolute atomic E-state index is 0.139. The van der Waals surface area contributed by atoms with Crippen LogP contribution in [0.3, 0.4) is 0 Å². The molecule has 0 spiro atoms. The van der Waals surface area contributed by atoms with E-state index in [1.54, 1.807) is 0 Å². The SMILES string of the molecule is CC(C)CSC(C(C)C)C(N)c1ccccc1. The molecule has 2 unspecified atom stereocenters. The van der Waals surface area contributed by atoms with Crippen LogP contribution in [0, 0.1) is 11.8 Å². The Morgan fingerprint density at radius 2 is 1.65 bits per heavy atom. The maximum Gasteiger partial charge on any atom is 0.0418 e. The Hall–Kier alpha value is -0.470. The van der Waals surface area contributed by atoms with E-state index in [-0.39, 0.29) is 6.04 Å². The molecule has 0 aliphatic rings. The lowest BCUT2D eigenvalue weighted by atomic mass is 9.97. The molecule has 2 atom stereocenters. The van der Waals surface area contributed by atoms with Crippen molar-refractivity contribution >= 4 is 11.8 Å². The van der Waals surface area contributed by atoms with Crippen molar-refractivity contribution in [3.05, 3.63) is 35.9 Å². The Balaban J connectivity index is 2.70. The molecular weight excluding hydrogens is 226 g/mol. The molecule has 17 heavy (non-hydrogen) atoms. The topological polar surface area (TPSA) is 26.0 Å². The van der Waals surface area contributed by atoms with Gasteiger partial charge in [-0.25, -0.2) is 0 Å². The van der Waals surface area contributed by atoms with Crippen LogP contribution in [-0.2, 0) is 0 Å². The van der Waals surface area contributed by atoms with Gasteiger partial charge in [0.15, 0.2) is 0 Å². The number of benzene rings is 1. The summed E-state index contributed by atoms with van der Waals surface area (Å²) < 4.78 is 0. The van der Waals surface area contributed by atoms with Gasteiger partial charge in [0.25, 0.3) is 0 Å². The summed E-state index contributed by atoms with van der Waals surface area (Å²) >= 11 is 2.02. The molecule has 1 aromatic rings. The van der Waals surface area contributed by atoms with Crippen molar-refractivity contribution in [3.63, 3.8) is 0 Å². The molecule has 0 aliphatic heterocycles. The van der Waals surface area contributed by atoms with Crippen molar-refractivity contribution < 1.29 is 0 Å². The van der Waals surface area contributed by atoms with Gasteiger partial charge < -0.3 is 5.73 Å². The minimum Gasteiger partial charge on any atom is -0.323 e. The first kappa shape index (κ1) is 14.6. The molecule has 96 valence electrons. The van der Waals surface area contributed by atoms with E-state index in [1.807, 2.05) is 17.8 Å². The molecule has 0 aliphatic carbocycles. The van der Waals surface area contributed by atoms with Gasteiger partial charge in [-0.3, -0.25) is 0 Å². The number of hydrogen-bond acceptors (Lipinski definition) is 2. The van der Waals surface area contributed by atoms with Gasteiger partial charge in [0.2, 0.25) is 0 Å². The third kappa shape index (κ3) is 4.72. The molecule has 0 aromatic heterocycles. The second kappa shape index (κ2) is 7.07. The molecular formula is C15H25NS. The van der Waals surface area contributed by atoms with Crippen molar-refractivity contribution in [2.75, 3.05) is 5.75 Å². The van der Waals surface area contributed by atoms with Crippen molar-refractivity contribution in [2.24, 2.45) is 17.6 Å². The largest absolute Gasteiger partial charge is 0.323 e. The summed E-state index contributed by atoms with van der Waals surface area (Å²) in [5.41, 5.74) is 7.66. The van der Waals surface area contributed by atoms with Crippen LogP contribution < -0.4 is 5.73 Å². The highest BCUT2D eigenvalue weighted by Gasteiger charge is 2.23. The van der Waals surface area contributed by atoms with Crippen LogP contribution >= 0.6 is 11.8 Å². The van der Waals surface area contributed by atoms with Crippen LogP contribution in [-0.4, -0.2) is 11.0 Å². The summed E-state index contributed by atoms with van der Waals surface area (Å²) in [4.78, 5) is 0. The van der Waals surface area contributed by atoms with Crippen LogP contribution in [0.1, 0.15) is 39.3 Å². The van der Waals surface area contributed by atoms with Gasteiger partial charge in [-0.2, -0.15) is 11.8 Å². The molecule has 2 N–H and O–H groups in total. The van der Waals surface area contributed by atoms with Crippen LogP contribution in [0.15, 0.2) is 30.3 Å². The van der Waals surface area contributed by atoms with E-state index in [2.05, 4.69) is 52.0 Å². The maximum absolute atomic E-state index is 6.41. The highest BCUT2D eigenvalue weighted by molar-refractivity contribution is 7.99. The summed E-state index contributed by atoms with van der Waals surface area (Å²) in [6, 6.07) is 10.6. The predicted molar refractivity (Wildman–Crippen MR) is 79.3 cm³/mol. The van der Waals surface area contributed by atoms with Gasteiger partial charge in [0.1, 0.15) is 0 Å². The van der Waals surface area contributed by atoms with E-state index >= 15 is 0 Å². The average Bonchev–Trinajstić information content (AvgIpc) is 2.29. The molecule has 0 fully saturated rings. The Bertz CT molecular complexity index is 308. The Morgan fingerprint density at radius 3 is 2.12 bits per heavy atom. The fourth-order valence-electron chi connectivity index (χ4n) is 1.88. The molecule has 0 heterocycles. The zero-order chi connectivity index (χ0) is 12.8. The molecule has 0 amide bonds. The first-order chi connectivity index (χ1) is 8.02. The third-order valence-electron chi connectivity index (χ3n) is 2.82. The monoisotopic (exact) mass is 251 g/mol. The first-order valence-electron chi connectivity index (χ1n) is 6.44. The van der Waals surface area contributed by atoms with Crippen molar-refractivity contribution in [1.82, 2.24) is 0 Å². The smallest absolute Gasteiger partial charge is 0.0418 e. The molecule has 0 saturated carbocycles. The third-order valence-corrected chi connectivity index (χ3v) is 4.90. The fraction of sp³-hybridized carbons (Fsp3) is 0.600. The van der Waals surface area contributed by atoms with Crippen LogP contribution in [0.4, 0.5) is 0 Å².